The van der Waals surface area contributed by atoms with Gasteiger partial charge >= 0.3 is 18.4 Å². The van der Waals surface area contributed by atoms with Crippen LogP contribution in [0, 0.1) is 12.7 Å². The Morgan fingerprint density at radius 3 is 2.17 bits per heavy atom. The smallest absolute Gasteiger partial charge is 0.321 e. The van der Waals surface area contributed by atoms with Crippen LogP contribution in [-0.2, 0) is 12.4 Å². The second-order valence-electron chi connectivity index (χ2n) is 8.66. The van der Waals surface area contributed by atoms with Gasteiger partial charge in [-0.05, 0) is 73.8 Å². The lowest BCUT2D eigenvalue weighted by Gasteiger charge is -2.37. The number of carbonyl (C=O) groups is 1. The van der Waals surface area contributed by atoms with Crippen molar-refractivity contribution >= 4 is 6.03 Å². The Kier molecular flexibility index (Phi) is 7.68. The molecule has 1 heterocycles. The molecule has 4 nitrogen and oxygen atoms in total. The number of aryl methyl sites for hydroxylation is 1. The van der Waals surface area contributed by atoms with E-state index in [9.17, 15) is 35.5 Å². The lowest BCUT2D eigenvalue weighted by atomic mass is 9.97. The largest absolute Gasteiger partial charge is 0.416 e. The zero-order valence-corrected chi connectivity index (χ0v) is 19.4. The van der Waals surface area contributed by atoms with E-state index in [0.717, 1.165) is 10.5 Å². The van der Waals surface area contributed by atoms with Gasteiger partial charge in [0.25, 0.3) is 0 Å². The topological polar surface area (TPSA) is 35.6 Å². The van der Waals surface area contributed by atoms with Crippen LogP contribution in [0.4, 0.5) is 35.5 Å². The van der Waals surface area contributed by atoms with Gasteiger partial charge in [-0.15, -0.1) is 0 Å². The Bertz CT molecular complexity index is 1040. The van der Waals surface area contributed by atoms with Gasteiger partial charge < -0.3 is 15.1 Å². The number of amides is 2. The molecule has 11 heteroatoms. The molecule has 0 aromatic heterocycles. The minimum absolute atomic E-state index is 0.0614. The van der Waals surface area contributed by atoms with Crippen molar-refractivity contribution in [1.82, 2.24) is 15.1 Å². The highest BCUT2D eigenvalue weighted by molar-refractivity contribution is 5.75. The lowest BCUT2D eigenvalue weighted by molar-refractivity contribution is -0.143. The number of alkyl halides is 6. The molecule has 1 N–H and O–H groups in total. The van der Waals surface area contributed by atoms with Crippen LogP contribution in [-0.4, -0.2) is 42.5 Å². The van der Waals surface area contributed by atoms with Crippen molar-refractivity contribution in [1.29, 1.82) is 0 Å². The van der Waals surface area contributed by atoms with Crippen LogP contribution in [0.1, 0.15) is 53.2 Å². The van der Waals surface area contributed by atoms with E-state index in [4.69, 9.17) is 0 Å². The number of hydrogen-bond donors (Lipinski definition) is 1. The monoisotopic (exact) mass is 505 g/mol. The van der Waals surface area contributed by atoms with Crippen LogP contribution in [0.2, 0.25) is 0 Å². The Morgan fingerprint density at radius 1 is 1.03 bits per heavy atom. The minimum Gasteiger partial charge on any atom is -0.321 e. The van der Waals surface area contributed by atoms with E-state index in [-0.39, 0.29) is 18.2 Å². The van der Waals surface area contributed by atoms with Gasteiger partial charge in [-0.2, -0.15) is 26.3 Å². The highest BCUT2D eigenvalue weighted by Crippen LogP contribution is 2.38. The molecule has 0 bridgehead atoms. The Hall–Kier alpha value is -2.82. The summed E-state index contributed by atoms with van der Waals surface area (Å²) >= 11 is 0. The van der Waals surface area contributed by atoms with Crippen LogP contribution in [0.5, 0.6) is 0 Å². The summed E-state index contributed by atoms with van der Waals surface area (Å²) < 4.78 is 93.5. The first kappa shape index (κ1) is 26.8. The van der Waals surface area contributed by atoms with E-state index >= 15 is 0 Å². The van der Waals surface area contributed by atoms with Crippen molar-refractivity contribution in [3.05, 3.63) is 70.0 Å². The van der Waals surface area contributed by atoms with Crippen LogP contribution in [0.3, 0.4) is 0 Å². The quantitative estimate of drug-likeness (QED) is 0.496. The summed E-state index contributed by atoms with van der Waals surface area (Å²) in [5.41, 5.74) is -1.80. The molecule has 3 rings (SSSR count). The molecule has 1 aliphatic heterocycles. The third-order valence-electron chi connectivity index (χ3n) is 6.31. The second kappa shape index (κ2) is 10.0. The summed E-state index contributed by atoms with van der Waals surface area (Å²) in [6, 6.07) is 3.47. The van der Waals surface area contributed by atoms with Crippen molar-refractivity contribution in [3.8, 4) is 0 Å². The molecule has 192 valence electrons. The molecule has 35 heavy (non-hydrogen) atoms. The van der Waals surface area contributed by atoms with E-state index in [0.29, 0.717) is 37.2 Å². The molecular weight excluding hydrogens is 479 g/mol. The second-order valence-corrected chi connectivity index (χ2v) is 8.66. The average molecular weight is 505 g/mol. The van der Waals surface area contributed by atoms with Crippen molar-refractivity contribution in [2.24, 2.45) is 0 Å². The third kappa shape index (κ3) is 6.06. The van der Waals surface area contributed by atoms with E-state index < -0.39 is 47.4 Å². The minimum atomic E-state index is -4.99. The van der Waals surface area contributed by atoms with Crippen LogP contribution < -0.4 is 5.32 Å². The van der Waals surface area contributed by atoms with Crippen LogP contribution in [0.25, 0.3) is 0 Å². The number of nitrogens with zero attached hydrogens (tertiary/aromatic N) is 2. The van der Waals surface area contributed by atoms with Crippen molar-refractivity contribution < 1.29 is 35.5 Å². The molecule has 0 radical (unpaired) electrons. The van der Waals surface area contributed by atoms with E-state index in [1.165, 1.54) is 31.0 Å². The summed E-state index contributed by atoms with van der Waals surface area (Å²) in [6.45, 7) is 4.38. The Morgan fingerprint density at radius 2 is 1.63 bits per heavy atom. The normalized spacial score (nSPS) is 18.2. The molecule has 1 saturated heterocycles. The van der Waals surface area contributed by atoms with E-state index in [2.05, 4.69) is 5.32 Å². The van der Waals surface area contributed by atoms with Crippen molar-refractivity contribution in [2.75, 3.05) is 26.7 Å². The molecule has 0 spiro atoms. The predicted molar refractivity (Wildman–Crippen MR) is 116 cm³/mol. The maximum atomic E-state index is 13.6. The van der Waals surface area contributed by atoms with Crippen LogP contribution in [0.15, 0.2) is 36.4 Å². The summed E-state index contributed by atoms with van der Waals surface area (Å²) in [5.74, 6) is -0.424. The first-order valence-corrected chi connectivity index (χ1v) is 11.0. The molecule has 2 aromatic carbocycles. The summed E-state index contributed by atoms with van der Waals surface area (Å²) in [6.07, 6.45) is -9.47. The fourth-order valence-corrected chi connectivity index (χ4v) is 4.25. The van der Waals surface area contributed by atoms with Gasteiger partial charge in [0.2, 0.25) is 0 Å². The number of benzene rings is 2. The maximum Gasteiger partial charge on any atom is 0.416 e. The first-order chi connectivity index (χ1) is 16.2. The van der Waals surface area contributed by atoms with Gasteiger partial charge in [-0.1, -0.05) is 6.07 Å². The van der Waals surface area contributed by atoms with Gasteiger partial charge in [0, 0.05) is 20.1 Å². The standard InChI is InChI=1S/C24H26F7N3O/c1-14-10-19(25)4-5-20(14)21-6-7-32-8-9-34(21)22(35)33(3)15(2)16-11-17(23(26,27)28)13-18(12-16)24(29,30)31/h4-5,10-13,15,21,32H,6-9H2,1-3H3/t15-,21+/m0/s1. The molecule has 1 fully saturated rings. The SMILES string of the molecule is Cc1cc(F)ccc1[C@H]1CCNCCN1C(=O)N(C)[C@@H](C)c1cc(C(F)(F)F)cc(C(F)(F)F)c1. The molecule has 2 aromatic rings. The Labute approximate surface area is 198 Å². The highest BCUT2D eigenvalue weighted by Gasteiger charge is 2.38. The molecule has 0 unspecified atom stereocenters. The van der Waals surface area contributed by atoms with Gasteiger partial charge in [0.1, 0.15) is 5.82 Å². The fourth-order valence-electron chi connectivity index (χ4n) is 4.25. The number of rotatable bonds is 3. The molecular formula is C24H26F7N3O. The lowest BCUT2D eigenvalue weighted by Crippen LogP contribution is -2.45. The summed E-state index contributed by atoms with van der Waals surface area (Å²) in [7, 11) is 1.34. The molecule has 0 saturated carbocycles. The predicted octanol–water partition coefficient (Wildman–Crippen LogP) is 6.32. The van der Waals surface area contributed by atoms with Gasteiger partial charge in [-0.25, -0.2) is 9.18 Å². The zero-order valence-electron chi connectivity index (χ0n) is 19.4. The highest BCUT2D eigenvalue weighted by atomic mass is 19.4. The van der Waals surface area contributed by atoms with Crippen LogP contribution >= 0.6 is 0 Å². The number of halogens is 7. The fraction of sp³-hybridized carbons (Fsp3) is 0.458. The van der Waals surface area contributed by atoms with Crippen molar-refractivity contribution in [3.63, 3.8) is 0 Å². The number of urea groups is 1. The van der Waals surface area contributed by atoms with E-state index in [1.807, 2.05) is 0 Å². The van der Waals surface area contributed by atoms with Gasteiger partial charge in [0.15, 0.2) is 0 Å². The third-order valence-corrected chi connectivity index (χ3v) is 6.31. The van der Waals surface area contributed by atoms with Gasteiger partial charge in [-0.3, -0.25) is 0 Å². The Balaban J connectivity index is 1.96. The maximum absolute atomic E-state index is 13.6. The number of hydrogen-bond acceptors (Lipinski definition) is 2. The van der Waals surface area contributed by atoms with E-state index in [1.54, 1.807) is 13.0 Å². The molecule has 0 aliphatic carbocycles. The molecule has 2 amide bonds. The van der Waals surface area contributed by atoms with Gasteiger partial charge in [0.05, 0.1) is 23.2 Å². The first-order valence-electron chi connectivity index (χ1n) is 11.0. The summed E-state index contributed by atoms with van der Waals surface area (Å²) in [4.78, 5) is 16.2. The average Bonchev–Trinajstić information content (AvgIpc) is 3.02. The van der Waals surface area contributed by atoms with Crippen molar-refractivity contribution in [2.45, 2.75) is 44.7 Å². The molecule has 2 atom stereocenters. The zero-order chi connectivity index (χ0) is 26.1. The summed E-state index contributed by atoms with van der Waals surface area (Å²) in [5, 5.41) is 3.17. The number of nitrogens with one attached hydrogen (secondary N) is 1. The number of carbonyl (C=O) groups excluding carboxylic acids is 1. The molecule has 1 aliphatic rings.